The summed E-state index contributed by atoms with van der Waals surface area (Å²) < 4.78 is 0. The molecule has 0 nitrogen and oxygen atoms in total. The van der Waals surface area contributed by atoms with Crippen LogP contribution < -0.4 is 5.30 Å². The monoisotopic (exact) mass is 230 g/mol. The van der Waals surface area contributed by atoms with Crippen LogP contribution in [0.25, 0.3) is 10.8 Å². The van der Waals surface area contributed by atoms with E-state index in [1.54, 1.807) is 0 Å². The summed E-state index contributed by atoms with van der Waals surface area (Å²) in [4.78, 5) is 0. The van der Waals surface area contributed by atoms with Gasteiger partial charge in [-0.1, -0.05) is 65.8 Å². The molecule has 0 aliphatic rings. The SMILES string of the molecule is CCC(C)(C)Pc1ccc2ccccc2c1. The molecule has 0 spiro atoms. The van der Waals surface area contributed by atoms with Crippen molar-refractivity contribution in [2.75, 3.05) is 0 Å². The van der Waals surface area contributed by atoms with E-state index in [1.807, 2.05) is 0 Å². The molecule has 0 saturated carbocycles. The van der Waals surface area contributed by atoms with Gasteiger partial charge >= 0.3 is 0 Å². The maximum atomic E-state index is 2.35. The Balaban J connectivity index is 2.33. The average Bonchev–Trinajstić information content (AvgIpc) is 2.28. The highest BCUT2D eigenvalue weighted by Gasteiger charge is 2.15. The molecule has 1 heteroatoms. The van der Waals surface area contributed by atoms with Gasteiger partial charge < -0.3 is 0 Å². The van der Waals surface area contributed by atoms with E-state index in [-0.39, 0.29) is 0 Å². The van der Waals surface area contributed by atoms with Crippen molar-refractivity contribution in [3.8, 4) is 0 Å². The molecule has 0 bridgehead atoms. The Bertz CT molecular complexity index is 486. The van der Waals surface area contributed by atoms with Gasteiger partial charge in [-0.2, -0.15) is 0 Å². The van der Waals surface area contributed by atoms with Crippen molar-refractivity contribution in [3.05, 3.63) is 42.5 Å². The standard InChI is InChI=1S/C15H19P/c1-4-15(2,3)16-14-10-9-12-7-5-6-8-13(12)11-14/h5-11,16H,4H2,1-3H3. The molecule has 2 rings (SSSR count). The summed E-state index contributed by atoms with van der Waals surface area (Å²) in [7, 11) is 0.894. The molecule has 0 aliphatic carbocycles. The van der Waals surface area contributed by atoms with Crippen LogP contribution in [0.1, 0.15) is 27.2 Å². The van der Waals surface area contributed by atoms with E-state index in [2.05, 4.69) is 63.2 Å². The molecule has 2 aromatic rings. The van der Waals surface area contributed by atoms with Gasteiger partial charge in [-0.3, -0.25) is 0 Å². The molecule has 0 aliphatic heterocycles. The van der Waals surface area contributed by atoms with Gasteiger partial charge in [-0.25, -0.2) is 0 Å². The van der Waals surface area contributed by atoms with Crippen molar-refractivity contribution in [1.82, 2.24) is 0 Å². The summed E-state index contributed by atoms with van der Waals surface area (Å²) in [6.07, 6.45) is 1.23. The molecule has 1 atom stereocenters. The van der Waals surface area contributed by atoms with Crippen LogP contribution >= 0.6 is 8.58 Å². The van der Waals surface area contributed by atoms with Gasteiger partial charge in [0.15, 0.2) is 0 Å². The van der Waals surface area contributed by atoms with Gasteiger partial charge in [0.1, 0.15) is 0 Å². The lowest BCUT2D eigenvalue weighted by Crippen LogP contribution is -2.15. The molecular weight excluding hydrogens is 211 g/mol. The quantitative estimate of drug-likeness (QED) is 0.688. The predicted octanol–water partition coefficient (Wildman–Crippen LogP) is 4.33. The topological polar surface area (TPSA) is 0 Å². The minimum atomic E-state index is 0.433. The highest BCUT2D eigenvalue weighted by atomic mass is 31.1. The largest absolute Gasteiger partial charge is 0.0846 e. The van der Waals surface area contributed by atoms with Gasteiger partial charge in [0, 0.05) is 0 Å². The summed E-state index contributed by atoms with van der Waals surface area (Å²) in [6, 6.07) is 15.4. The summed E-state index contributed by atoms with van der Waals surface area (Å²) in [5.41, 5.74) is 0. The second kappa shape index (κ2) is 4.55. The Labute approximate surface area is 99.9 Å². The third-order valence-corrected chi connectivity index (χ3v) is 4.75. The second-order valence-electron chi connectivity index (χ2n) is 4.92. The molecule has 84 valence electrons. The zero-order valence-electron chi connectivity index (χ0n) is 10.2. The van der Waals surface area contributed by atoms with Crippen molar-refractivity contribution < 1.29 is 0 Å². The van der Waals surface area contributed by atoms with Gasteiger partial charge in [-0.15, -0.1) is 0 Å². The Morgan fingerprint density at radius 3 is 2.38 bits per heavy atom. The van der Waals surface area contributed by atoms with Crippen molar-refractivity contribution in [1.29, 1.82) is 0 Å². The lowest BCUT2D eigenvalue weighted by Gasteiger charge is -2.22. The summed E-state index contributed by atoms with van der Waals surface area (Å²) in [6.45, 7) is 6.97. The molecule has 0 heterocycles. The summed E-state index contributed by atoms with van der Waals surface area (Å²) in [5, 5.41) is 4.61. The minimum Gasteiger partial charge on any atom is -0.0846 e. The first-order chi connectivity index (χ1) is 7.61. The van der Waals surface area contributed by atoms with Gasteiger partial charge in [0.05, 0.1) is 0 Å². The van der Waals surface area contributed by atoms with Crippen molar-refractivity contribution in [2.24, 2.45) is 0 Å². The van der Waals surface area contributed by atoms with Gasteiger partial charge in [0.25, 0.3) is 0 Å². The maximum Gasteiger partial charge on any atom is -0.0141 e. The van der Waals surface area contributed by atoms with E-state index >= 15 is 0 Å². The minimum absolute atomic E-state index is 0.433. The van der Waals surface area contributed by atoms with Crippen LogP contribution in [0.2, 0.25) is 0 Å². The Hall–Kier alpha value is -0.870. The number of benzene rings is 2. The molecule has 16 heavy (non-hydrogen) atoms. The number of hydrogen-bond donors (Lipinski definition) is 0. The molecule has 1 unspecified atom stereocenters. The smallest absolute Gasteiger partial charge is 0.0141 e. The first-order valence-corrected chi connectivity index (χ1v) is 6.88. The van der Waals surface area contributed by atoms with Crippen LogP contribution in [0.3, 0.4) is 0 Å². The van der Waals surface area contributed by atoms with Crippen LogP contribution in [0.15, 0.2) is 42.5 Å². The average molecular weight is 230 g/mol. The third kappa shape index (κ3) is 2.62. The number of rotatable bonds is 3. The lowest BCUT2D eigenvalue weighted by molar-refractivity contribution is 0.681. The molecule has 0 radical (unpaired) electrons. The zero-order chi connectivity index (χ0) is 11.6. The number of fused-ring (bicyclic) bond motifs is 1. The van der Waals surface area contributed by atoms with Crippen LogP contribution in [-0.4, -0.2) is 5.16 Å². The Morgan fingerprint density at radius 1 is 1.00 bits per heavy atom. The number of hydrogen-bond acceptors (Lipinski definition) is 0. The van der Waals surface area contributed by atoms with Crippen LogP contribution in [-0.2, 0) is 0 Å². The summed E-state index contributed by atoms with van der Waals surface area (Å²) in [5.74, 6) is 0. The lowest BCUT2D eigenvalue weighted by atomic mass is 10.1. The predicted molar refractivity (Wildman–Crippen MR) is 76.3 cm³/mol. The molecular formula is C15H19P. The van der Waals surface area contributed by atoms with Gasteiger partial charge in [0.2, 0.25) is 0 Å². The highest BCUT2D eigenvalue weighted by Crippen LogP contribution is 2.33. The van der Waals surface area contributed by atoms with Crippen LogP contribution in [0.5, 0.6) is 0 Å². The van der Waals surface area contributed by atoms with Crippen molar-refractivity contribution in [2.45, 2.75) is 32.3 Å². The van der Waals surface area contributed by atoms with E-state index in [0.717, 1.165) is 8.58 Å². The molecule has 0 amide bonds. The maximum absolute atomic E-state index is 2.35. The fourth-order valence-corrected chi connectivity index (χ4v) is 3.10. The van der Waals surface area contributed by atoms with Gasteiger partial charge in [-0.05, 0) is 33.7 Å². The van der Waals surface area contributed by atoms with Crippen molar-refractivity contribution in [3.63, 3.8) is 0 Å². The first kappa shape index (κ1) is 11.6. The van der Waals surface area contributed by atoms with Crippen LogP contribution in [0, 0.1) is 0 Å². The van der Waals surface area contributed by atoms with Crippen molar-refractivity contribution >= 4 is 24.7 Å². The Kier molecular flexibility index (Phi) is 3.30. The Morgan fingerprint density at radius 2 is 1.69 bits per heavy atom. The normalized spacial score (nSPS) is 12.7. The second-order valence-corrected chi connectivity index (χ2v) is 7.11. The zero-order valence-corrected chi connectivity index (χ0v) is 11.2. The first-order valence-electron chi connectivity index (χ1n) is 5.88. The fourth-order valence-electron chi connectivity index (χ4n) is 1.75. The van der Waals surface area contributed by atoms with E-state index in [9.17, 15) is 0 Å². The fraction of sp³-hybridized carbons (Fsp3) is 0.333. The molecule has 0 aromatic heterocycles. The molecule has 2 aromatic carbocycles. The van der Waals surface area contributed by atoms with E-state index in [1.165, 1.54) is 22.5 Å². The third-order valence-electron chi connectivity index (χ3n) is 3.12. The van der Waals surface area contributed by atoms with Crippen LogP contribution in [0.4, 0.5) is 0 Å². The highest BCUT2D eigenvalue weighted by molar-refractivity contribution is 7.48. The molecule has 0 fully saturated rings. The summed E-state index contributed by atoms with van der Waals surface area (Å²) >= 11 is 0. The van der Waals surface area contributed by atoms with E-state index < -0.39 is 0 Å². The van der Waals surface area contributed by atoms with E-state index in [4.69, 9.17) is 0 Å². The molecule has 0 saturated heterocycles. The van der Waals surface area contributed by atoms with E-state index in [0.29, 0.717) is 5.16 Å². The molecule has 0 N–H and O–H groups in total.